The fraction of sp³-hybridized carbons (Fsp3) is 0.750. The Balaban J connectivity index is 2.62. The second kappa shape index (κ2) is 5.89. The van der Waals surface area contributed by atoms with Crippen LogP contribution in [0, 0.1) is 5.41 Å². The van der Waals surface area contributed by atoms with Crippen LogP contribution in [0.4, 0.5) is 5.95 Å². The van der Waals surface area contributed by atoms with Crippen LogP contribution in [0.25, 0.3) is 0 Å². The third kappa shape index (κ3) is 2.76. The van der Waals surface area contributed by atoms with E-state index in [0.717, 1.165) is 31.9 Å². The van der Waals surface area contributed by atoms with E-state index >= 15 is 0 Å². The molecule has 0 spiro atoms. The van der Waals surface area contributed by atoms with Gasteiger partial charge in [-0.1, -0.05) is 13.8 Å². The molecule has 92 valence electrons. The Bertz CT molecular complexity index is 297. The largest absolute Gasteiger partial charge is 0.396 e. The fourth-order valence-electron chi connectivity index (χ4n) is 1.78. The lowest BCUT2D eigenvalue weighted by Crippen LogP contribution is -2.33. The highest BCUT2D eigenvalue weighted by Crippen LogP contribution is 2.25. The lowest BCUT2D eigenvalue weighted by atomic mass is 9.83. The molecule has 4 nitrogen and oxygen atoms in total. The Morgan fingerprint density at radius 2 is 2.06 bits per heavy atom. The summed E-state index contributed by atoms with van der Waals surface area (Å²) >= 11 is 0. The smallest absolute Gasteiger partial charge is 0.202 e. The van der Waals surface area contributed by atoms with Crippen LogP contribution in [0.5, 0.6) is 0 Å². The molecule has 1 heterocycles. The highest BCUT2D eigenvalue weighted by atomic mass is 16.3. The summed E-state index contributed by atoms with van der Waals surface area (Å²) in [5, 5.41) is 12.8. The van der Waals surface area contributed by atoms with Crippen LogP contribution < -0.4 is 5.32 Å². The van der Waals surface area contributed by atoms with Crippen molar-refractivity contribution in [1.82, 2.24) is 9.55 Å². The average Bonchev–Trinajstić information content (AvgIpc) is 2.79. The number of anilines is 1. The van der Waals surface area contributed by atoms with E-state index in [1.165, 1.54) is 0 Å². The van der Waals surface area contributed by atoms with Crippen LogP contribution in [-0.4, -0.2) is 27.8 Å². The first-order valence-corrected chi connectivity index (χ1v) is 6.07. The van der Waals surface area contributed by atoms with Crippen LogP contribution in [0.1, 0.15) is 33.6 Å². The minimum Gasteiger partial charge on any atom is -0.396 e. The Morgan fingerprint density at radius 3 is 2.56 bits per heavy atom. The number of nitrogens with one attached hydrogen (secondary N) is 1. The van der Waals surface area contributed by atoms with Gasteiger partial charge in [0.15, 0.2) is 0 Å². The number of rotatable bonds is 7. The Labute approximate surface area is 97.7 Å². The van der Waals surface area contributed by atoms with Crippen LogP contribution in [0.3, 0.4) is 0 Å². The van der Waals surface area contributed by atoms with Gasteiger partial charge in [-0.2, -0.15) is 0 Å². The first kappa shape index (κ1) is 13.0. The molecule has 4 heteroatoms. The van der Waals surface area contributed by atoms with Gasteiger partial charge in [0.1, 0.15) is 0 Å². The molecule has 0 saturated heterocycles. The van der Waals surface area contributed by atoms with Gasteiger partial charge in [-0.3, -0.25) is 0 Å². The molecule has 0 saturated carbocycles. The molecule has 2 N–H and O–H groups in total. The van der Waals surface area contributed by atoms with Crippen LogP contribution in [0.2, 0.25) is 0 Å². The summed E-state index contributed by atoms with van der Waals surface area (Å²) < 4.78 is 2.06. The van der Waals surface area contributed by atoms with Crippen molar-refractivity contribution in [1.29, 1.82) is 0 Å². The third-order valence-electron chi connectivity index (χ3n) is 3.51. The molecule has 0 fully saturated rings. The Kier molecular flexibility index (Phi) is 4.80. The normalized spacial score (nSPS) is 11.8. The van der Waals surface area contributed by atoms with Crippen LogP contribution in [-0.2, 0) is 6.54 Å². The van der Waals surface area contributed by atoms with Crippen molar-refractivity contribution in [3.05, 3.63) is 12.4 Å². The number of nitrogens with zero attached hydrogens (tertiary/aromatic N) is 2. The van der Waals surface area contributed by atoms with Crippen molar-refractivity contribution in [2.45, 2.75) is 40.2 Å². The van der Waals surface area contributed by atoms with E-state index in [4.69, 9.17) is 0 Å². The van der Waals surface area contributed by atoms with Gasteiger partial charge >= 0.3 is 0 Å². The zero-order valence-electron chi connectivity index (χ0n) is 10.5. The molecule has 0 aliphatic heterocycles. The molecule has 1 aromatic heterocycles. The van der Waals surface area contributed by atoms with Crippen molar-refractivity contribution < 1.29 is 5.11 Å². The number of imidazole rings is 1. The number of aryl methyl sites for hydroxylation is 1. The molecule has 0 atom stereocenters. The van der Waals surface area contributed by atoms with Crippen molar-refractivity contribution in [3.63, 3.8) is 0 Å². The zero-order chi connectivity index (χ0) is 12.0. The molecule has 0 aliphatic rings. The summed E-state index contributed by atoms with van der Waals surface area (Å²) in [4.78, 5) is 4.26. The van der Waals surface area contributed by atoms with Gasteiger partial charge in [-0.15, -0.1) is 0 Å². The molecule has 0 unspecified atom stereocenters. The maximum absolute atomic E-state index is 9.46. The van der Waals surface area contributed by atoms with Gasteiger partial charge in [0.25, 0.3) is 0 Å². The van der Waals surface area contributed by atoms with E-state index in [1.54, 1.807) is 6.20 Å². The second-order valence-electron chi connectivity index (χ2n) is 4.26. The monoisotopic (exact) mass is 225 g/mol. The number of aromatic nitrogens is 2. The summed E-state index contributed by atoms with van der Waals surface area (Å²) in [6, 6.07) is 0. The highest BCUT2D eigenvalue weighted by molar-refractivity contribution is 5.26. The van der Waals surface area contributed by atoms with Crippen molar-refractivity contribution in [3.8, 4) is 0 Å². The second-order valence-corrected chi connectivity index (χ2v) is 4.26. The van der Waals surface area contributed by atoms with E-state index in [1.807, 2.05) is 6.20 Å². The van der Waals surface area contributed by atoms with Crippen molar-refractivity contribution in [2.24, 2.45) is 5.41 Å². The molecular formula is C12H23N3O. The average molecular weight is 225 g/mol. The molecule has 16 heavy (non-hydrogen) atoms. The summed E-state index contributed by atoms with van der Waals surface area (Å²) in [5.74, 6) is 0.891. The Hall–Kier alpha value is -1.03. The fourth-order valence-corrected chi connectivity index (χ4v) is 1.78. The van der Waals surface area contributed by atoms with E-state index in [9.17, 15) is 5.11 Å². The van der Waals surface area contributed by atoms with E-state index in [0.29, 0.717) is 0 Å². The summed E-state index contributed by atoms with van der Waals surface area (Å²) in [7, 11) is 0. The van der Waals surface area contributed by atoms with Crippen molar-refractivity contribution in [2.75, 3.05) is 18.5 Å². The minimum atomic E-state index is -0.0233. The van der Waals surface area contributed by atoms with Gasteiger partial charge < -0.3 is 15.0 Å². The third-order valence-corrected chi connectivity index (χ3v) is 3.51. The lowest BCUT2D eigenvalue weighted by molar-refractivity contribution is 0.127. The van der Waals surface area contributed by atoms with E-state index < -0.39 is 0 Å². The van der Waals surface area contributed by atoms with Crippen molar-refractivity contribution >= 4 is 5.95 Å². The molecule has 0 amide bonds. The molecular weight excluding hydrogens is 202 g/mol. The minimum absolute atomic E-state index is 0.0233. The highest BCUT2D eigenvalue weighted by Gasteiger charge is 2.25. The number of aliphatic hydroxyl groups excluding tert-OH is 1. The predicted octanol–water partition coefficient (Wildman–Crippen LogP) is 2.11. The summed E-state index contributed by atoms with van der Waals surface area (Å²) in [5.41, 5.74) is -0.0233. The number of aliphatic hydroxyl groups is 1. The maximum Gasteiger partial charge on any atom is 0.202 e. The Morgan fingerprint density at radius 1 is 1.38 bits per heavy atom. The molecule has 0 bridgehead atoms. The van der Waals surface area contributed by atoms with Gasteiger partial charge in [-0.25, -0.2) is 4.98 Å². The lowest BCUT2D eigenvalue weighted by Gasteiger charge is -2.29. The molecule has 0 aromatic carbocycles. The van der Waals surface area contributed by atoms with Gasteiger partial charge in [0.05, 0.1) is 6.61 Å². The van der Waals surface area contributed by atoms with Gasteiger partial charge in [-0.05, 0) is 19.8 Å². The SMILES string of the molecule is CCn1ccnc1NCC(CC)(CC)CO. The van der Waals surface area contributed by atoms with Crippen LogP contribution >= 0.6 is 0 Å². The molecule has 1 rings (SSSR count). The van der Waals surface area contributed by atoms with Gasteiger partial charge in [0, 0.05) is 30.9 Å². The van der Waals surface area contributed by atoms with E-state index in [-0.39, 0.29) is 12.0 Å². The topological polar surface area (TPSA) is 50.1 Å². The summed E-state index contributed by atoms with van der Waals surface area (Å²) in [6.07, 6.45) is 5.70. The number of hydrogen-bond donors (Lipinski definition) is 2. The zero-order valence-corrected chi connectivity index (χ0v) is 10.5. The maximum atomic E-state index is 9.46. The van der Waals surface area contributed by atoms with E-state index in [2.05, 4.69) is 35.6 Å². The predicted molar refractivity (Wildman–Crippen MR) is 66.5 cm³/mol. The quantitative estimate of drug-likeness (QED) is 0.747. The summed E-state index contributed by atoms with van der Waals surface area (Å²) in [6.45, 7) is 8.23. The van der Waals surface area contributed by atoms with Crippen LogP contribution in [0.15, 0.2) is 12.4 Å². The number of hydrogen-bond acceptors (Lipinski definition) is 3. The first-order chi connectivity index (χ1) is 7.71. The molecule has 1 aromatic rings. The molecule has 0 aliphatic carbocycles. The first-order valence-electron chi connectivity index (χ1n) is 6.07. The molecule has 0 radical (unpaired) electrons. The van der Waals surface area contributed by atoms with Gasteiger partial charge in [0.2, 0.25) is 5.95 Å². The standard InChI is InChI=1S/C12H23N3O/c1-4-12(5-2,10-16)9-14-11-13-7-8-15(11)6-3/h7-8,16H,4-6,9-10H2,1-3H3,(H,13,14).